The van der Waals surface area contributed by atoms with Crippen molar-refractivity contribution in [3.63, 3.8) is 0 Å². The highest BCUT2D eigenvalue weighted by atomic mass is 35.5. The summed E-state index contributed by atoms with van der Waals surface area (Å²) in [6, 6.07) is 47.7. The number of likely N-dealkylation sites (N-methyl/N-ethyl adjacent to an activating group) is 6. The maximum absolute atomic E-state index is 14.3. The second kappa shape index (κ2) is 55.2. The fraction of sp³-hybridized carbons (Fsp3) is 0.359. The van der Waals surface area contributed by atoms with Gasteiger partial charge in [-0.2, -0.15) is 5.26 Å². The Hall–Kier alpha value is -15.5. The van der Waals surface area contributed by atoms with E-state index in [1.54, 1.807) is 38.1 Å². The lowest BCUT2D eigenvalue weighted by Gasteiger charge is -2.34. The first-order valence-electron chi connectivity index (χ1n) is 47.9. The number of nitrogens with one attached hydrogen (secondary N) is 7. The molecule has 6 fully saturated rings. The van der Waals surface area contributed by atoms with Gasteiger partial charge < -0.3 is 124 Å². The van der Waals surface area contributed by atoms with Gasteiger partial charge in [-0.05, 0) is 190 Å². The van der Waals surface area contributed by atoms with Gasteiger partial charge in [0.25, 0.3) is 16.9 Å². The van der Waals surface area contributed by atoms with E-state index in [0.29, 0.717) is 46.6 Å². The smallest absolute Gasteiger partial charge is 0.292 e. The molecule has 6 aliphatic rings. The summed E-state index contributed by atoms with van der Waals surface area (Å²) >= 11 is 5.52. The molecule has 0 unspecified atom stereocenters. The lowest BCUT2D eigenvalue weighted by molar-refractivity contribution is -0.384. The number of hydrogen-bond acceptors (Lipinski definition) is 32. The van der Waals surface area contributed by atoms with Crippen molar-refractivity contribution < 1.29 is 42.1 Å². The van der Waals surface area contributed by atoms with Crippen molar-refractivity contribution in [3.05, 3.63) is 245 Å². The van der Waals surface area contributed by atoms with Crippen LogP contribution in [0.25, 0.3) is 60.2 Å². The number of para-hydroxylation sites is 1. The molecule has 13 aromatic rings. The quantitative estimate of drug-likeness (QED) is 0.0107. The number of carbonyl (C=O) groups is 3. The molecule has 4 aromatic heterocycles. The lowest BCUT2D eigenvalue weighted by Crippen LogP contribution is -2.44. The third-order valence-corrected chi connectivity index (χ3v) is 25.1. The number of H-pyrrole nitrogens is 4. The summed E-state index contributed by atoms with van der Waals surface area (Å²) in [7, 11) is 12.8. The molecule has 19 rings (SSSR count). The summed E-state index contributed by atoms with van der Waals surface area (Å²) in [5.74, 6) is -0.316. The highest BCUT2D eigenvalue weighted by molar-refractivity contribution is 6.31. The standard InChI is InChI=1S/2C21H21FN6O.C15H20N4O.C11H16N4O2.C11H18N4.C7H5FN2.C6H5ClN2O2.C6H11NO2.C5H12N2.ClH/c1-27-7-9-28(10-8-27)12-5-6-14-16(11-12)25-20(24-14)18-19(23)17-13(22)3-2-4-15(17)26-21(18)29;1-27-7-9-28(10-8-27)14-5-6-18-19(11-14)25-20(24-18)12-21(29)26-17-4-2-3-16(22)15(17)13-23;1-11(20)9-15-16-13-4-3-12(10-14(13)17-15)19-7-5-18(2)6-8-19;1-13-4-6-14(7-5-13)9-2-3-11(15(16)17)10(12)8-9;1-14-4-6-15(7-5-14)9-2-3-10(12)11(13)8-9;1-10-7-5(8)3-2-4-6(7)9;7-4-1-2-6(9(10)11)5(8)3-4;1-3-9-6(7)4-5(2)8;1-7-4-2-6-3-5-7;/h2-6,11H,7-10H2,1H3,(H,24,25)(H3,23,26,29);2-6,11H,7-10,12H2,1H3,(H,24,25)(H,26,29);3-4,10H,5-9H2,1-2H3,(H,16,17);2-3,8H,4-7,12H2,1H3;2-3,8H,4-7,12-13H2,1H3;2-4H,9H2;1-3H,8H2;7H,3-4H2,1-2H3;6H,2-5H2,1H3;1H. The van der Waals surface area contributed by atoms with Crippen LogP contribution in [0, 0.1) is 61.0 Å². The molecule has 148 heavy (non-hydrogen) atoms. The molecule has 0 aliphatic carbocycles. The van der Waals surface area contributed by atoms with Gasteiger partial charge >= 0.3 is 0 Å². The number of aromatic nitrogens is 7. The molecule has 10 heterocycles. The highest BCUT2D eigenvalue weighted by Gasteiger charge is 2.26. The molecule has 6 aliphatic heterocycles. The number of nitrogen functional groups attached to an aromatic ring is 6. The maximum atomic E-state index is 14.3. The van der Waals surface area contributed by atoms with Gasteiger partial charge in [-0.25, -0.2) is 33.0 Å². The molecule has 0 bridgehead atoms. The number of pyridine rings is 1. The molecular formula is C103H130Cl2F3N31O9. The molecule has 45 heteroatoms. The zero-order valence-electron chi connectivity index (χ0n) is 84.5. The first kappa shape index (κ1) is 114. The molecule has 786 valence electrons. The summed E-state index contributed by atoms with van der Waals surface area (Å²) in [4.78, 5) is 121. The number of piperazine rings is 6. The van der Waals surface area contributed by atoms with Gasteiger partial charge in [0.05, 0.1) is 109 Å². The second-order valence-electron chi connectivity index (χ2n) is 36.1. The van der Waals surface area contributed by atoms with Gasteiger partial charge in [0.2, 0.25) is 11.6 Å². The number of Topliss-reactive ketones (excluding diaryl/α,β-unsaturated/α-hetero) is 2. The van der Waals surface area contributed by atoms with E-state index in [2.05, 4.69) is 165 Å². The number of benzene rings is 9. The van der Waals surface area contributed by atoms with Crippen LogP contribution in [0.4, 0.5) is 98.5 Å². The Kier molecular flexibility index (Phi) is 42.7. The molecule has 1 amide bonds. The van der Waals surface area contributed by atoms with Gasteiger partial charge in [-0.15, -0.1) is 12.4 Å². The minimum atomic E-state index is -0.662. The van der Waals surface area contributed by atoms with Crippen LogP contribution >= 0.6 is 24.0 Å². The van der Waals surface area contributed by atoms with E-state index >= 15 is 0 Å². The molecule has 9 aromatic carbocycles. The Morgan fingerprint density at radius 2 is 0.899 bits per heavy atom. The number of carbonyl (C=O) groups excluding carboxylic acids is 3. The van der Waals surface area contributed by atoms with E-state index in [-0.39, 0.29) is 111 Å². The predicted octanol–water partition coefficient (Wildman–Crippen LogP) is 12.7. The normalized spacial score (nSPS) is 15.0. The molecule has 0 radical (unpaired) electrons. The number of ether oxygens (including phenoxy) is 1. The number of nitriles is 1. The van der Waals surface area contributed by atoms with Crippen LogP contribution in [-0.2, 0) is 32.0 Å². The van der Waals surface area contributed by atoms with Crippen LogP contribution < -0.4 is 75.1 Å². The number of ketones is 2. The number of nitro benzene ring substituents is 2. The molecular weight excluding hydrogens is 1940 g/mol. The van der Waals surface area contributed by atoms with E-state index in [0.717, 1.165) is 200 Å². The first-order valence-corrected chi connectivity index (χ1v) is 48.3. The zero-order valence-corrected chi connectivity index (χ0v) is 86.1. The summed E-state index contributed by atoms with van der Waals surface area (Å²) in [6.07, 6.45) is 0.492. The molecule has 0 saturated carbocycles. The maximum Gasteiger partial charge on any atom is 0.292 e. The fourth-order valence-corrected chi connectivity index (χ4v) is 16.6. The topological polar surface area (TPSA) is 533 Å². The number of nitrogens with two attached hydrogens (primary N) is 6. The average molecular weight is 2070 g/mol. The molecule has 6 saturated heterocycles. The van der Waals surface area contributed by atoms with E-state index in [4.69, 9.17) is 68.0 Å². The van der Waals surface area contributed by atoms with E-state index in [1.807, 2.05) is 54.6 Å². The van der Waals surface area contributed by atoms with Gasteiger partial charge in [0.1, 0.15) is 75.1 Å². The Morgan fingerprint density at radius 1 is 0.493 bits per heavy atom. The number of fused-ring (bicyclic) bond motifs is 4. The van der Waals surface area contributed by atoms with Gasteiger partial charge in [-0.1, -0.05) is 35.9 Å². The van der Waals surface area contributed by atoms with Gasteiger partial charge in [0.15, 0.2) is 5.90 Å². The van der Waals surface area contributed by atoms with E-state index in [1.165, 1.54) is 104 Å². The van der Waals surface area contributed by atoms with Crippen molar-refractivity contribution in [2.75, 3.05) is 270 Å². The summed E-state index contributed by atoms with van der Waals surface area (Å²) < 4.78 is 45.3. The van der Waals surface area contributed by atoms with Crippen molar-refractivity contribution in [3.8, 4) is 17.5 Å². The van der Waals surface area contributed by atoms with Crippen LogP contribution in [0.3, 0.4) is 0 Å². The SMILES string of the molecule is CC(=O)Cc1nc2ccc(N3CCN(C)CC3)cc2[nH]1.CCOC(=N)CC(C)=O.CN1CCN(c2ccc(N)c(N)c2)CC1.CN1CCN(c2ccc([N+](=O)[O-])c(N)c2)CC1.CN1CCN(c2ccc3nc(-c4c(N)c5c(F)cccc5[nH]c4=O)[nH]c3c2)CC1.CN1CCN(c2ccc3nc(CC(=O)Nc4cccc(F)c4C#N)[nH]c3c2)CC1.CN1CCNCC1.Cl.Nc1cc(Cl)ccc1[N+](=O)[O-].[C-]#[N+]c1c(N)cccc1F. The number of hydrogen-bond donors (Lipinski definition) is 13. The molecule has 0 atom stereocenters. The van der Waals surface area contributed by atoms with Crippen molar-refractivity contribution in [1.29, 1.82) is 10.7 Å². The van der Waals surface area contributed by atoms with Crippen molar-refractivity contribution >= 4 is 177 Å². The molecule has 0 spiro atoms. The Bertz CT molecular complexity index is 6850. The monoisotopic (exact) mass is 2070 g/mol. The van der Waals surface area contributed by atoms with Crippen molar-refractivity contribution in [2.45, 2.75) is 40.0 Å². The number of anilines is 12. The largest absolute Gasteiger partial charge is 0.481 e. The van der Waals surface area contributed by atoms with Crippen LogP contribution in [0.15, 0.2) is 169 Å². The van der Waals surface area contributed by atoms with Crippen LogP contribution in [0.1, 0.15) is 44.4 Å². The number of nitrogens with zero attached hydrogens (tertiary/aromatic N) is 18. The van der Waals surface area contributed by atoms with Crippen LogP contribution in [0.5, 0.6) is 0 Å². The van der Waals surface area contributed by atoms with E-state index in [9.17, 15) is 52.6 Å². The molecule has 19 N–H and O–H groups in total. The number of rotatable bonds is 16. The van der Waals surface area contributed by atoms with E-state index < -0.39 is 32.9 Å². The number of aromatic amines is 4. The third-order valence-electron chi connectivity index (χ3n) is 24.9. The summed E-state index contributed by atoms with van der Waals surface area (Å²) in [5.41, 5.74) is 46.4. The third kappa shape index (κ3) is 33.0. The minimum absolute atomic E-state index is 0. The second-order valence-corrected chi connectivity index (χ2v) is 36.6. The van der Waals surface area contributed by atoms with Crippen molar-refractivity contribution in [2.24, 2.45) is 0 Å². The number of amides is 1. The van der Waals surface area contributed by atoms with Gasteiger partial charge in [0, 0.05) is 208 Å². The Morgan fingerprint density at radius 3 is 1.31 bits per heavy atom. The van der Waals surface area contributed by atoms with Crippen molar-refractivity contribution in [1.82, 2.24) is 69.6 Å². The Balaban J connectivity index is 0.000000176. The number of nitro groups is 2. The predicted molar refractivity (Wildman–Crippen MR) is 587 cm³/mol. The molecule has 40 nitrogen and oxygen atoms in total. The number of halogens is 5. The average Bonchev–Trinajstić information content (AvgIpc) is 1.53. The summed E-state index contributed by atoms with van der Waals surface area (Å²) in [6.45, 7) is 36.9. The fourth-order valence-electron chi connectivity index (χ4n) is 16.4. The highest BCUT2D eigenvalue weighted by Crippen LogP contribution is 2.35. The first-order chi connectivity index (χ1) is 70.3. The summed E-state index contributed by atoms with van der Waals surface area (Å²) in [5, 5.41) is 43.4. The lowest BCUT2D eigenvalue weighted by atomic mass is 10.1. The van der Waals surface area contributed by atoms with Crippen LogP contribution in [-0.4, -0.2) is 303 Å². The Labute approximate surface area is 867 Å². The minimum Gasteiger partial charge on any atom is -0.481 e. The zero-order chi connectivity index (χ0) is 106. The number of imidazole rings is 3. The van der Waals surface area contributed by atoms with Crippen LogP contribution in [0.2, 0.25) is 5.02 Å². The van der Waals surface area contributed by atoms with Gasteiger partial charge in [-0.3, -0.25) is 44.8 Å².